The van der Waals surface area contributed by atoms with Gasteiger partial charge in [0.25, 0.3) is 0 Å². The van der Waals surface area contributed by atoms with Crippen LogP contribution >= 0.6 is 0 Å². The summed E-state index contributed by atoms with van der Waals surface area (Å²) in [6.07, 6.45) is 6.80. The number of rotatable bonds is 2. The molecule has 0 N–H and O–H groups in total. The van der Waals surface area contributed by atoms with Crippen molar-refractivity contribution in [2.24, 2.45) is 0 Å². The molecule has 0 amide bonds. The molecule has 16 heavy (non-hydrogen) atoms. The SMILES string of the molecule is CCc1cccc(C2=[C]([Zr+2])CC=C2)c1.[Cl-].[Cl-]. The smallest absolute Gasteiger partial charge is 1.00 e. The van der Waals surface area contributed by atoms with Crippen LogP contribution in [0.4, 0.5) is 0 Å². The van der Waals surface area contributed by atoms with E-state index in [1.807, 2.05) is 0 Å². The van der Waals surface area contributed by atoms with Crippen LogP contribution in [0.3, 0.4) is 0 Å². The molecule has 1 aliphatic carbocycles. The summed E-state index contributed by atoms with van der Waals surface area (Å²) in [6.45, 7) is 2.20. The Morgan fingerprint density at radius 1 is 1.25 bits per heavy atom. The fourth-order valence-electron chi connectivity index (χ4n) is 1.73. The van der Waals surface area contributed by atoms with Crippen molar-refractivity contribution < 1.29 is 49.5 Å². The van der Waals surface area contributed by atoms with Crippen LogP contribution in [0, 0.1) is 0 Å². The molecular formula is C13H13Cl2Zr. The third-order valence-electron chi connectivity index (χ3n) is 2.58. The molecular weight excluding hydrogens is 318 g/mol. The second-order valence-corrected chi connectivity index (χ2v) is 5.04. The number of halogens is 2. The minimum absolute atomic E-state index is 0. The van der Waals surface area contributed by atoms with Crippen molar-refractivity contribution in [3.8, 4) is 0 Å². The summed E-state index contributed by atoms with van der Waals surface area (Å²) in [7, 11) is 0. The molecule has 0 fully saturated rings. The Bertz CT molecular complexity index is 408. The van der Waals surface area contributed by atoms with Crippen LogP contribution in [0.15, 0.2) is 39.7 Å². The minimum Gasteiger partial charge on any atom is -1.00 e. The summed E-state index contributed by atoms with van der Waals surface area (Å²) >= 11 is 1.55. The molecule has 1 aromatic rings. The van der Waals surface area contributed by atoms with E-state index in [0.717, 1.165) is 12.8 Å². The van der Waals surface area contributed by atoms with Crippen LogP contribution in [-0.4, -0.2) is 0 Å². The Morgan fingerprint density at radius 3 is 2.56 bits per heavy atom. The van der Waals surface area contributed by atoms with Gasteiger partial charge in [-0.05, 0) is 0 Å². The van der Waals surface area contributed by atoms with E-state index < -0.39 is 0 Å². The first-order valence-electron chi connectivity index (χ1n) is 5.02. The predicted octanol–water partition coefficient (Wildman–Crippen LogP) is -2.53. The van der Waals surface area contributed by atoms with E-state index in [9.17, 15) is 0 Å². The Kier molecular flexibility index (Phi) is 7.56. The van der Waals surface area contributed by atoms with Crippen LogP contribution in [0.5, 0.6) is 0 Å². The average molecular weight is 331 g/mol. The zero-order valence-electron chi connectivity index (χ0n) is 9.13. The average Bonchev–Trinajstić information content (AvgIpc) is 2.65. The summed E-state index contributed by atoms with van der Waals surface area (Å²) in [5.41, 5.74) is 4.28. The zero-order valence-corrected chi connectivity index (χ0v) is 13.1. The summed E-state index contributed by atoms with van der Waals surface area (Å²) in [5, 5.41) is 0. The van der Waals surface area contributed by atoms with E-state index in [-0.39, 0.29) is 24.8 Å². The van der Waals surface area contributed by atoms with Crippen LogP contribution in [0.2, 0.25) is 0 Å². The van der Waals surface area contributed by atoms with Crippen molar-refractivity contribution in [1.29, 1.82) is 0 Å². The number of hydrogen-bond donors (Lipinski definition) is 0. The third kappa shape index (κ3) is 3.59. The largest absolute Gasteiger partial charge is 1.00 e. The number of benzene rings is 1. The number of aryl methyl sites for hydroxylation is 1. The van der Waals surface area contributed by atoms with Crippen LogP contribution in [-0.2, 0) is 31.1 Å². The van der Waals surface area contributed by atoms with E-state index in [1.165, 1.54) is 16.7 Å². The van der Waals surface area contributed by atoms with Gasteiger partial charge in [0, 0.05) is 0 Å². The number of hydrogen-bond acceptors (Lipinski definition) is 0. The van der Waals surface area contributed by atoms with Gasteiger partial charge in [0.05, 0.1) is 0 Å². The van der Waals surface area contributed by atoms with E-state index in [2.05, 4.69) is 43.3 Å². The van der Waals surface area contributed by atoms with Gasteiger partial charge in [-0.2, -0.15) is 0 Å². The van der Waals surface area contributed by atoms with Gasteiger partial charge in [0.15, 0.2) is 0 Å². The Balaban J connectivity index is 0.00000112. The molecule has 1 aliphatic rings. The Hall–Kier alpha value is 0.163. The molecule has 1 aromatic carbocycles. The topological polar surface area (TPSA) is 0 Å². The summed E-state index contributed by atoms with van der Waals surface area (Å²) in [5.74, 6) is 0. The van der Waals surface area contributed by atoms with Crippen molar-refractivity contribution in [3.05, 3.63) is 50.8 Å². The molecule has 0 heterocycles. The molecule has 0 aliphatic heterocycles. The quantitative estimate of drug-likeness (QED) is 0.561. The maximum atomic E-state index is 2.31. The zero-order chi connectivity index (χ0) is 9.97. The van der Waals surface area contributed by atoms with Gasteiger partial charge in [0.1, 0.15) is 0 Å². The fourth-order valence-corrected chi connectivity index (χ4v) is 2.58. The molecule has 0 aromatic heterocycles. The Morgan fingerprint density at radius 2 is 2.00 bits per heavy atom. The molecule has 3 heteroatoms. The summed E-state index contributed by atoms with van der Waals surface area (Å²) in [4.78, 5) is 0. The van der Waals surface area contributed by atoms with E-state index in [1.54, 1.807) is 28.0 Å². The van der Waals surface area contributed by atoms with E-state index in [0.29, 0.717) is 0 Å². The summed E-state index contributed by atoms with van der Waals surface area (Å²) < 4.78 is 1.57. The molecule has 0 spiro atoms. The second-order valence-electron chi connectivity index (χ2n) is 3.55. The van der Waals surface area contributed by atoms with Crippen molar-refractivity contribution in [1.82, 2.24) is 0 Å². The maximum Gasteiger partial charge on any atom is -1.00 e. The molecule has 2 rings (SSSR count). The van der Waals surface area contributed by atoms with Gasteiger partial charge in [-0.1, -0.05) is 0 Å². The number of allylic oxidation sites excluding steroid dienone is 4. The normalized spacial score (nSPS) is 13.4. The molecule has 0 bridgehead atoms. The van der Waals surface area contributed by atoms with E-state index >= 15 is 0 Å². The van der Waals surface area contributed by atoms with Crippen LogP contribution in [0.25, 0.3) is 5.57 Å². The van der Waals surface area contributed by atoms with Gasteiger partial charge < -0.3 is 24.8 Å². The van der Waals surface area contributed by atoms with Crippen molar-refractivity contribution in [2.45, 2.75) is 19.8 Å². The maximum absolute atomic E-state index is 2.31. The molecule has 83 valence electrons. The standard InChI is InChI=1S/C13H13.2ClH.Zr/c1-2-11-6-5-9-13(10-11)12-7-3-4-8-12;;;/h3,5-7,9-10H,2,4H2,1H3;2*1H;/q;;;+2/p-2. The summed E-state index contributed by atoms with van der Waals surface area (Å²) in [6, 6.07) is 8.89. The van der Waals surface area contributed by atoms with Crippen LogP contribution in [0.1, 0.15) is 24.5 Å². The molecule has 0 nitrogen and oxygen atoms in total. The van der Waals surface area contributed by atoms with Gasteiger partial charge in [-0.3, -0.25) is 0 Å². The van der Waals surface area contributed by atoms with Crippen LogP contribution < -0.4 is 24.8 Å². The van der Waals surface area contributed by atoms with Gasteiger partial charge >= 0.3 is 101 Å². The molecule has 0 saturated heterocycles. The minimum atomic E-state index is 0. The second kappa shape index (κ2) is 7.48. The van der Waals surface area contributed by atoms with Gasteiger partial charge in [0.2, 0.25) is 0 Å². The first-order chi connectivity index (χ1) is 6.81. The first-order valence-corrected chi connectivity index (χ1v) is 6.24. The monoisotopic (exact) mass is 329 g/mol. The van der Waals surface area contributed by atoms with E-state index in [4.69, 9.17) is 0 Å². The van der Waals surface area contributed by atoms with Gasteiger partial charge in [-0.15, -0.1) is 0 Å². The van der Waals surface area contributed by atoms with Crippen molar-refractivity contribution in [3.63, 3.8) is 0 Å². The molecule has 0 saturated carbocycles. The van der Waals surface area contributed by atoms with Crippen molar-refractivity contribution >= 4 is 5.57 Å². The first kappa shape index (κ1) is 16.2. The Labute approximate surface area is 125 Å². The third-order valence-corrected chi connectivity index (χ3v) is 3.74. The fraction of sp³-hybridized carbons (Fsp3) is 0.231. The predicted molar refractivity (Wildman–Crippen MR) is 56.5 cm³/mol. The van der Waals surface area contributed by atoms with Gasteiger partial charge in [-0.25, -0.2) is 0 Å². The molecule has 0 radical (unpaired) electrons. The molecule has 0 atom stereocenters. The molecule has 0 unspecified atom stereocenters. The van der Waals surface area contributed by atoms with Crippen molar-refractivity contribution in [2.75, 3.05) is 0 Å².